The van der Waals surface area contributed by atoms with Crippen LogP contribution in [0.1, 0.15) is 13.3 Å². The fourth-order valence-corrected chi connectivity index (χ4v) is 0.280. The summed E-state index contributed by atoms with van der Waals surface area (Å²) in [6, 6.07) is -0.785. The molecule has 1 atom stereocenters. The lowest BCUT2D eigenvalue weighted by atomic mass is 10.2. The van der Waals surface area contributed by atoms with Crippen LogP contribution in [-0.4, -0.2) is 23.7 Å². The largest absolute Gasteiger partial charge is 0.480 e. The summed E-state index contributed by atoms with van der Waals surface area (Å²) in [6.45, 7) is 9.40. The van der Waals surface area contributed by atoms with E-state index < -0.39 is 12.0 Å². The van der Waals surface area contributed by atoms with Crippen molar-refractivity contribution in [3.05, 3.63) is 24.8 Å². The molecule has 4 heteroatoms. The Kier molecular flexibility index (Phi) is 9.93. The lowest BCUT2D eigenvalue weighted by molar-refractivity contribution is -0.138. The molecule has 4 nitrogen and oxygen atoms in total. The highest BCUT2D eigenvalue weighted by atomic mass is 16.4. The van der Waals surface area contributed by atoms with Gasteiger partial charge < -0.3 is 16.6 Å². The standard InChI is InChI=1S/C5H9NO2.C4H9N/c1-2-3-4(6)5(7)8;1-4(2)3-5/h2,4H,1,3,6H2,(H,7,8);1,3,5H2,2H3. The molecule has 0 aromatic carbocycles. The van der Waals surface area contributed by atoms with Gasteiger partial charge in [0.05, 0.1) is 0 Å². The zero-order valence-electron chi connectivity index (χ0n) is 7.99. The molecule has 0 aliphatic carbocycles. The van der Waals surface area contributed by atoms with Crippen molar-refractivity contribution in [3.63, 3.8) is 0 Å². The highest BCUT2D eigenvalue weighted by molar-refractivity contribution is 5.73. The van der Waals surface area contributed by atoms with Gasteiger partial charge in [0.15, 0.2) is 0 Å². The average Bonchev–Trinajstić information content (AvgIpc) is 2.06. The second kappa shape index (κ2) is 8.96. The molecule has 0 heterocycles. The number of aliphatic carboxylic acids is 1. The fraction of sp³-hybridized carbons (Fsp3) is 0.444. The second-order valence-electron chi connectivity index (χ2n) is 2.63. The number of nitrogens with two attached hydrogens (primary N) is 2. The Balaban J connectivity index is 0. The first-order chi connectivity index (χ1) is 5.95. The predicted octanol–water partition coefficient (Wildman–Crippen LogP) is 0.496. The molecule has 0 aromatic heterocycles. The number of carbonyl (C=O) groups is 1. The molecule has 0 aliphatic rings. The molecular formula is C9H18N2O2. The third kappa shape index (κ3) is 13.8. The quantitative estimate of drug-likeness (QED) is 0.557. The molecule has 0 saturated carbocycles. The van der Waals surface area contributed by atoms with Crippen molar-refractivity contribution in [2.24, 2.45) is 11.5 Å². The molecule has 13 heavy (non-hydrogen) atoms. The van der Waals surface area contributed by atoms with Crippen LogP contribution in [0.25, 0.3) is 0 Å². The van der Waals surface area contributed by atoms with Gasteiger partial charge in [0.2, 0.25) is 0 Å². The summed E-state index contributed by atoms with van der Waals surface area (Å²) >= 11 is 0. The summed E-state index contributed by atoms with van der Waals surface area (Å²) in [5.41, 5.74) is 11.2. The van der Waals surface area contributed by atoms with Crippen LogP contribution in [0.2, 0.25) is 0 Å². The highest BCUT2D eigenvalue weighted by Crippen LogP contribution is 1.86. The molecule has 0 spiro atoms. The fourth-order valence-electron chi connectivity index (χ4n) is 0.280. The molecular weight excluding hydrogens is 168 g/mol. The summed E-state index contributed by atoms with van der Waals surface area (Å²) in [4.78, 5) is 9.92. The van der Waals surface area contributed by atoms with Crippen molar-refractivity contribution in [2.75, 3.05) is 6.54 Å². The third-order valence-corrected chi connectivity index (χ3v) is 1.09. The van der Waals surface area contributed by atoms with Gasteiger partial charge in [-0.15, -0.1) is 6.58 Å². The molecule has 0 amide bonds. The van der Waals surface area contributed by atoms with Crippen molar-refractivity contribution in [1.29, 1.82) is 0 Å². The smallest absolute Gasteiger partial charge is 0.320 e. The molecule has 76 valence electrons. The van der Waals surface area contributed by atoms with E-state index in [0.717, 1.165) is 5.57 Å². The lowest BCUT2D eigenvalue weighted by Crippen LogP contribution is -2.28. The Morgan fingerprint density at radius 2 is 2.08 bits per heavy atom. The lowest BCUT2D eigenvalue weighted by Gasteiger charge is -1.98. The van der Waals surface area contributed by atoms with Crippen molar-refractivity contribution in [3.8, 4) is 0 Å². The van der Waals surface area contributed by atoms with Gasteiger partial charge in [0.25, 0.3) is 0 Å². The zero-order valence-corrected chi connectivity index (χ0v) is 7.99. The summed E-state index contributed by atoms with van der Waals surface area (Å²) < 4.78 is 0. The van der Waals surface area contributed by atoms with Crippen LogP contribution in [0, 0.1) is 0 Å². The Labute approximate surface area is 78.9 Å². The van der Waals surface area contributed by atoms with Crippen molar-refractivity contribution >= 4 is 5.97 Å². The minimum absolute atomic E-state index is 0.329. The van der Waals surface area contributed by atoms with Crippen LogP contribution in [0.4, 0.5) is 0 Å². The first kappa shape index (κ1) is 14.4. The van der Waals surface area contributed by atoms with Crippen LogP contribution >= 0.6 is 0 Å². The van der Waals surface area contributed by atoms with Gasteiger partial charge in [-0.25, -0.2) is 0 Å². The van der Waals surface area contributed by atoms with Gasteiger partial charge >= 0.3 is 5.97 Å². The maximum atomic E-state index is 9.92. The number of hydrogen-bond donors (Lipinski definition) is 3. The molecule has 0 radical (unpaired) electrons. The summed E-state index contributed by atoms with van der Waals surface area (Å²) in [5.74, 6) is -0.982. The zero-order chi connectivity index (χ0) is 10.9. The van der Waals surface area contributed by atoms with Crippen LogP contribution in [-0.2, 0) is 4.79 Å². The normalized spacial score (nSPS) is 10.7. The molecule has 0 aliphatic heterocycles. The van der Waals surface area contributed by atoms with Gasteiger partial charge in [0, 0.05) is 6.54 Å². The third-order valence-electron chi connectivity index (χ3n) is 1.09. The first-order valence-corrected chi connectivity index (χ1v) is 3.89. The van der Waals surface area contributed by atoms with E-state index in [2.05, 4.69) is 13.2 Å². The maximum Gasteiger partial charge on any atom is 0.320 e. The minimum atomic E-state index is -0.982. The molecule has 0 fully saturated rings. The summed E-state index contributed by atoms with van der Waals surface area (Å²) in [7, 11) is 0. The van der Waals surface area contributed by atoms with Gasteiger partial charge in [0.1, 0.15) is 6.04 Å². The van der Waals surface area contributed by atoms with Crippen molar-refractivity contribution in [2.45, 2.75) is 19.4 Å². The number of carboxylic acid groups (broad SMARTS) is 1. The van der Waals surface area contributed by atoms with Gasteiger partial charge in [-0.3, -0.25) is 4.79 Å². The topological polar surface area (TPSA) is 89.3 Å². The molecule has 1 unspecified atom stereocenters. The number of carboxylic acids is 1. The van der Waals surface area contributed by atoms with E-state index in [9.17, 15) is 4.79 Å². The molecule has 0 saturated heterocycles. The van der Waals surface area contributed by atoms with E-state index in [1.807, 2.05) is 6.92 Å². The van der Waals surface area contributed by atoms with Crippen LogP contribution in [0.15, 0.2) is 24.8 Å². The van der Waals surface area contributed by atoms with E-state index in [0.29, 0.717) is 13.0 Å². The number of hydrogen-bond acceptors (Lipinski definition) is 3. The SMILES string of the molecule is C=C(C)CN.C=CCC(N)C(=O)O. The molecule has 0 bridgehead atoms. The first-order valence-electron chi connectivity index (χ1n) is 3.89. The monoisotopic (exact) mass is 186 g/mol. The average molecular weight is 186 g/mol. The predicted molar refractivity (Wildman–Crippen MR) is 54.3 cm³/mol. The van der Waals surface area contributed by atoms with E-state index >= 15 is 0 Å². The Hall–Kier alpha value is -1.13. The highest BCUT2D eigenvalue weighted by Gasteiger charge is 2.06. The molecule has 5 N–H and O–H groups in total. The van der Waals surface area contributed by atoms with E-state index in [4.69, 9.17) is 16.6 Å². The number of rotatable bonds is 4. The summed E-state index contributed by atoms with van der Waals surface area (Å²) in [6.07, 6.45) is 1.81. The van der Waals surface area contributed by atoms with E-state index in [1.54, 1.807) is 0 Å². The van der Waals surface area contributed by atoms with E-state index in [1.165, 1.54) is 6.08 Å². The van der Waals surface area contributed by atoms with Crippen molar-refractivity contribution in [1.82, 2.24) is 0 Å². The Bertz CT molecular complexity index is 178. The minimum Gasteiger partial charge on any atom is -0.480 e. The Morgan fingerprint density at radius 1 is 1.69 bits per heavy atom. The molecule has 0 rings (SSSR count). The Morgan fingerprint density at radius 3 is 2.15 bits per heavy atom. The van der Waals surface area contributed by atoms with Crippen molar-refractivity contribution < 1.29 is 9.90 Å². The second-order valence-corrected chi connectivity index (χ2v) is 2.63. The molecule has 0 aromatic rings. The van der Waals surface area contributed by atoms with Crippen LogP contribution in [0.5, 0.6) is 0 Å². The van der Waals surface area contributed by atoms with Gasteiger partial charge in [-0.05, 0) is 13.3 Å². The van der Waals surface area contributed by atoms with Gasteiger partial charge in [-0.1, -0.05) is 18.2 Å². The van der Waals surface area contributed by atoms with Crippen LogP contribution < -0.4 is 11.5 Å². The summed E-state index contributed by atoms with van der Waals surface area (Å²) in [5, 5.41) is 8.14. The van der Waals surface area contributed by atoms with Gasteiger partial charge in [-0.2, -0.15) is 0 Å². The van der Waals surface area contributed by atoms with E-state index in [-0.39, 0.29) is 0 Å². The maximum absolute atomic E-state index is 9.92. The van der Waals surface area contributed by atoms with Crippen LogP contribution in [0.3, 0.4) is 0 Å².